The van der Waals surface area contributed by atoms with Crippen LogP contribution >= 0.6 is 0 Å². The van der Waals surface area contributed by atoms with Crippen LogP contribution in [0.25, 0.3) is 0 Å². The Kier molecular flexibility index (Phi) is 33.5. The first-order valence-electron chi connectivity index (χ1n) is 18.6. The van der Waals surface area contributed by atoms with Crippen molar-refractivity contribution in [1.82, 2.24) is 0 Å². The minimum absolute atomic E-state index is 0.0574. The van der Waals surface area contributed by atoms with Crippen LogP contribution in [-0.2, 0) is 19.1 Å². The van der Waals surface area contributed by atoms with Crippen LogP contribution in [0.1, 0.15) is 206 Å². The van der Waals surface area contributed by atoms with Gasteiger partial charge in [-0.2, -0.15) is 0 Å². The molecule has 42 heavy (non-hydrogen) atoms. The van der Waals surface area contributed by atoms with Crippen molar-refractivity contribution < 1.29 is 24.2 Å². The van der Waals surface area contributed by atoms with E-state index in [9.17, 15) is 14.7 Å². The average Bonchev–Trinajstić information content (AvgIpc) is 2.99. The van der Waals surface area contributed by atoms with Crippen LogP contribution in [0.15, 0.2) is 0 Å². The fraction of sp³-hybridized carbons (Fsp3) is 0.946. The third kappa shape index (κ3) is 31.8. The molecule has 0 aromatic rings. The second-order valence-corrected chi connectivity index (χ2v) is 12.7. The molecular weight excluding hydrogens is 524 g/mol. The van der Waals surface area contributed by atoms with E-state index in [0.717, 1.165) is 32.1 Å². The van der Waals surface area contributed by atoms with Gasteiger partial charge >= 0.3 is 11.9 Å². The van der Waals surface area contributed by atoms with Crippen molar-refractivity contribution >= 4 is 11.9 Å². The van der Waals surface area contributed by atoms with Crippen molar-refractivity contribution in [3.05, 3.63) is 0 Å². The summed E-state index contributed by atoms with van der Waals surface area (Å²) in [6.45, 7) is 4.14. The predicted molar refractivity (Wildman–Crippen MR) is 178 cm³/mol. The van der Waals surface area contributed by atoms with Crippen molar-refractivity contribution in [2.75, 3.05) is 13.2 Å². The second kappa shape index (κ2) is 34.4. The first kappa shape index (κ1) is 40.9. The maximum absolute atomic E-state index is 12.1. The van der Waals surface area contributed by atoms with Gasteiger partial charge in [-0.25, -0.2) is 0 Å². The van der Waals surface area contributed by atoms with Crippen LogP contribution in [0.4, 0.5) is 0 Å². The molecule has 0 bridgehead atoms. The highest BCUT2D eigenvalue weighted by molar-refractivity contribution is 5.70. The zero-order chi connectivity index (χ0) is 30.8. The molecule has 1 N–H and O–H groups in total. The van der Waals surface area contributed by atoms with Gasteiger partial charge in [0.2, 0.25) is 0 Å². The summed E-state index contributed by atoms with van der Waals surface area (Å²) in [4.78, 5) is 24.1. The number of esters is 2. The van der Waals surface area contributed by atoms with Crippen molar-refractivity contribution in [3.63, 3.8) is 0 Å². The maximum Gasteiger partial charge on any atom is 0.306 e. The number of aliphatic hydroxyl groups is 1. The molecule has 0 heterocycles. The highest BCUT2D eigenvalue weighted by Gasteiger charge is 2.16. The molecule has 250 valence electrons. The number of aliphatic hydroxyl groups excluding tert-OH is 1. The van der Waals surface area contributed by atoms with Crippen molar-refractivity contribution in [2.45, 2.75) is 213 Å². The molecule has 0 aromatic carbocycles. The Balaban J connectivity index is 3.49. The lowest BCUT2D eigenvalue weighted by Gasteiger charge is -2.15. The maximum atomic E-state index is 12.1. The minimum Gasteiger partial charge on any atom is -0.462 e. The topological polar surface area (TPSA) is 72.8 Å². The van der Waals surface area contributed by atoms with Gasteiger partial charge in [-0.3, -0.25) is 9.59 Å². The van der Waals surface area contributed by atoms with Gasteiger partial charge in [0, 0.05) is 12.8 Å². The molecule has 0 saturated carbocycles. The summed E-state index contributed by atoms with van der Waals surface area (Å²) < 4.78 is 10.6. The van der Waals surface area contributed by atoms with Gasteiger partial charge in [0.1, 0.15) is 6.61 Å². The summed E-state index contributed by atoms with van der Waals surface area (Å²) in [5.41, 5.74) is 0. The van der Waals surface area contributed by atoms with E-state index < -0.39 is 6.10 Å². The fourth-order valence-corrected chi connectivity index (χ4v) is 5.55. The summed E-state index contributed by atoms with van der Waals surface area (Å²) in [6, 6.07) is 0. The van der Waals surface area contributed by atoms with Gasteiger partial charge < -0.3 is 14.6 Å². The number of hydrogen-bond donors (Lipinski definition) is 1. The predicted octanol–water partition coefficient (Wildman–Crippen LogP) is 11.2. The van der Waals surface area contributed by atoms with Gasteiger partial charge in [-0.1, -0.05) is 181 Å². The fourth-order valence-electron chi connectivity index (χ4n) is 5.55. The third-order valence-corrected chi connectivity index (χ3v) is 8.40. The first-order valence-corrected chi connectivity index (χ1v) is 18.6. The molecule has 0 spiro atoms. The zero-order valence-corrected chi connectivity index (χ0v) is 28.3. The van der Waals surface area contributed by atoms with Crippen LogP contribution in [-0.4, -0.2) is 36.4 Å². The molecule has 0 amide bonds. The lowest BCUT2D eigenvalue weighted by molar-refractivity contribution is -0.161. The summed E-state index contributed by atoms with van der Waals surface area (Å²) in [5.74, 6) is -0.579. The Labute approximate surface area is 261 Å². The van der Waals surface area contributed by atoms with E-state index in [1.54, 1.807) is 0 Å². The van der Waals surface area contributed by atoms with E-state index in [1.165, 1.54) is 148 Å². The number of carbonyl (C=O) groups is 2. The molecule has 0 fully saturated rings. The van der Waals surface area contributed by atoms with Crippen molar-refractivity contribution in [2.24, 2.45) is 0 Å². The molecule has 0 unspecified atom stereocenters. The normalized spacial score (nSPS) is 12.0. The van der Waals surface area contributed by atoms with Crippen molar-refractivity contribution in [3.8, 4) is 0 Å². The first-order chi connectivity index (χ1) is 20.6. The van der Waals surface area contributed by atoms with Crippen LogP contribution < -0.4 is 0 Å². The van der Waals surface area contributed by atoms with E-state index >= 15 is 0 Å². The van der Waals surface area contributed by atoms with Crippen molar-refractivity contribution in [1.29, 1.82) is 0 Å². The average molecular weight is 597 g/mol. The molecule has 5 nitrogen and oxygen atoms in total. The van der Waals surface area contributed by atoms with E-state index in [-0.39, 0.29) is 25.2 Å². The molecule has 1 atom stereocenters. The second-order valence-electron chi connectivity index (χ2n) is 12.7. The molecular formula is C37H72O5. The number of ether oxygens (including phenoxy) is 2. The van der Waals surface area contributed by atoms with Gasteiger partial charge in [0.15, 0.2) is 6.10 Å². The Bertz CT molecular complexity index is 564. The molecule has 0 radical (unpaired) electrons. The molecule has 0 aliphatic heterocycles. The molecule has 0 aliphatic rings. The van der Waals surface area contributed by atoms with E-state index in [2.05, 4.69) is 13.8 Å². The highest BCUT2D eigenvalue weighted by atomic mass is 16.6. The Hall–Kier alpha value is -1.10. The minimum atomic E-state index is -0.760. The monoisotopic (exact) mass is 597 g/mol. The summed E-state index contributed by atoms with van der Waals surface area (Å²) in [6.07, 6.45) is 35.9. The molecule has 0 saturated heterocycles. The van der Waals surface area contributed by atoms with Crippen LogP contribution in [0.5, 0.6) is 0 Å². The van der Waals surface area contributed by atoms with E-state index in [1.807, 2.05) is 0 Å². The SMILES string of the molecule is CCCCCCCCCCCCCCCCCCCC(=O)O[C@@H](CO)COC(=O)CCCCCCCCCCCCC. The summed E-state index contributed by atoms with van der Waals surface area (Å²) >= 11 is 0. The van der Waals surface area contributed by atoms with E-state index in [4.69, 9.17) is 9.47 Å². The number of carbonyl (C=O) groups excluding carboxylic acids is 2. The van der Waals surface area contributed by atoms with E-state index in [0.29, 0.717) is 12.8 Å². The van der Waals surface area contributed by atoms with Crippen LogP contribution in [0.3, 0.4) is 0 Å². The Morgan fingerprint density at radius 3 is 1.05 bits per heavy atom. The molecule has 0 aromatic heterocycles. The van der Waals surface area contributed by atoms with Crippen LogP contribution in [0.2, 0.25) is 0 Å². The highest BCUT2D eigenvalue weighted by Crippen LogP contribution is 2.15. The number of unbranched alkanes of at least 4 members (excludes halogenated alkanes) is 26. The summed E-state index contributed by atoms with van der Waals surface area (Å²) in [5, 5.41) is 9.52. The van der Waals surface area contributed by atoms with Gasteiger partial charge in [0.25, 0.3) is 0 Å². The lowest BCUT2D eigenvalue weighted by atomic mass is 10.0. The lowest BCUT2D eigenvalue weighted by Crippen LogP contribution is -2.28. The molecule has 5 heteroatoms. The largest absolute Gasteiger partial charge is 0.462 e. The Morgan fingerprint density at radius 2 is 0.738 bits per heavy atom. The Morgan fingerprint density at radius 1 is 0.452 bits per heavy atom. The third-order valence-electron chi connectivity index (χ3n) is 8.40. The number of hydrogen-bond acceptors (Lipinski definition) is 5. The zero-order valence-electron chi connectivity index (χ0n) is 28.3. The van der Waals surface area contributed by atoms with Gasteiger partial charge in [0.05, 0.1) is 6.61 Å². The quantitative estimate of drug-likeness (QED) is 0.0591. The van der Waals surface area contributed by atoms with Gasteiger partial charge in [-0.15, -0.1) is 0 Å². The standard InChI is InChI=1S/C37H72O5/c1-3-5-7-9-11-13-15-16-17-18-19-20-22-24-26-28-30-32-37(40)42-35(33-38)34-41-36(39)31-29-27-25-23-21-14-12-10-8-6-4-2/h35,38H,3-34H2,1-2H3/t35-/m0/s1. The summed E-state index contributed by atoms with van der Waals surface area (Å²) in [7, 11) is 0. The molecule has 0 aliphatic carbocycles. The smallest absolute Gasteiger partial charge is 0.306 e. The van der Waals surface area contributed by atoms with Crippen LogP contribution in [0, 0.1) is 0 Å². The number of rotatable bonds is 34. The van der Waals surface area contributed by atoms with Gasteiger partial charge in [-0.05, 0) is 12.8 Å². The molecule has 0 rings (SSSR count).